The quantitative estimate of drug-likeness (QED) is 0.420. The van der Waals surface area contributed by atoms with Gasteiger partial charge in [-0.25, -0.2) is 12.7 Å². The van der Waals surface area contributed by atoms with Gasteiger partial charge in [0.25, 0.3) is 0 Å². The van der Waals surface area contributed by atoms with E-state index in [1.165, 1.54) is 32.6 Å². The fourth-order valence-corrected chi connectivity index (χ4v) is 7.24. The van der Waals surface area contributed by atoms with Crippen molar-refractivity contribution < 1.29 is 23.1 Å². The number of aromatic hydroxyl groups is 1. The molecule has 2 bridgehead atoms. The maximum absolute atomic E-state index is 12.6. The van der Waals surface area contributed by atoms with Crippen LogP contribution in [0.25, 0.3) is 0 Å². The van der Waals surface area contributed by atoms with Crippen LogP contribution in [0.4, 0.5) is 5.69 Å². The van der Waals surface area contributed by atoms with Crippen LogP contribution in [-0.4, -0.2) is 61.6 Å². The number of ketones is 2. The van der Waals surface area contributed by atoms with Gasteiger partial charge in [0.05, 0.1) is 10.7 Å². The first-order valence-corrected chi connectivity index (χ1v) is 12.6. The molecule has 3 aliphatic carbocycles. The van der Waals surface area contributed by atoms with Crippen LogP contribution < -0.4 is 10.6 Å². The molecule has 3 fully saturated rings. The zero-order valence-electron chi connectivity index (χ0n) is 18.9. The van der Waals surface area contributed by atoms with Crippen molar-refractivity contribution in [1.29, 1.82) is 0 Å². The number of carbonyl (C=O) groups is 2. The molecule has 0 aliphatic heterocycles. The second-order valence-corrected chi connectivity index (χ2v) is 12.7. The molecule has 5 unspecified atom stereocenters. The molecule has 3 saturated carbocycles. The van der Waals surface area contributed by atoms with Crippen molar-refractivity contribution >= 4 is 38.9 Å². The summed E-state index contributed by atoms with van der Waals surface area (Å²) in [5, 5.41) is 16.8. The first-order chi connectivity index (χ1) is 14.7. The summed E-state index contributed by atoms with van der Waals surface area (Å²) in [6, 6.07) is 1.22. The van der Waals surface area contributed by atoms with Gasteiger partial charge in [0, 0.05) is 20.1 Å². The number of fused-ring (bicyclic) bond motifs is 2. The number of nitrogens with zero attached hydrogens (tertiary/aromatic N) is 1. The molecule has 0 heterocycles. The van der Waals surface area contributed by atoms with E-state index < -0.39 is 44.3 Å². The summed E-state index contributed by atoms with van der Waals surface area (Å²) in [6.45, 7) is 6.79. The number of sulfonamides is 1. The number of benzene rings is 1. The minimum Gasteiger partial charge on any atom is -0.504 e. The normalized spacial score (nSPS) is 33.6. The molecule has 5 atom stereocenters. The first-order valence-electron chi connectivity index (χ1n) is 10.8. The van der Waals surface area contributed by atoms with Crippen molar-refractivity contribution in [2.24, 2.45) is 16.7 Å². The number of halogens is 1. The fourth-order valence-electron chi connectivity index (χ4n) is 5.76. The SMILES string of the molecule is CN(C)S(=O)(=O)c1c(Cl)ccc(NC2C(=O)C(=O)C2NC2CC3CCC2(C)C3(C)C)c1O. The van der Waals surface area contributed by atoms with Gasteiger partial charge in [-0.15, -0.1) is 0 Å². The fraction of sp³-hybridized carbons (Fsp3) is 0.636. The standard InChI is InChI=1S/C22H30ClN3O5S/c1-21(2)11-8-9-22(21,3)14(10-11)25-16-15(18(28)19(16)29)24-13-7-6-12(23)20(17(13)27)32(30,31)26(4)5/h6-7,11,14-16,24-25,27H,8-10H2,1-5H3. The summed E-state index contributed by atoms with van der Waals surface area (Å²) in [4.78, 5) is 24.4. The highest BCUT2D eigenvalue weighted by Gasteiger charge is 2.63. The van der Waals surface area contributed by atoms with E-state index in [9.17, 15) is 23.1 Å². The van der Waals surface area contributed by atoms with Crippen molar-refractivity contribution in [3.8, 4) is 5.75 Å². The minimum atomic E-state index is -4.02. The number of phenols is 1. The molecule has 32 heavy (non-hydrogen) atoms. The van der Waals surface area contributed by atoms with Crippen LogP contribution in [0.5, 0.6) is 5.75 Å². The van der Waals surface area contributed by atoms with Gasteiger partial charge in [0.2, 0.25) is 21.6 Å². The van der Waals surface area contributed by atoms with E-state index in [1.54, 1.807) is 0 Å². The molecule has 0 saturated heterocycles. The molecular formula is C22H30ClN3O5S. The molecule has 3 aliphatic rings. The third kappa shape index (κ3) is 3.12. The Morgan fingerprint density at radius 1 is 1.12 bits per heavy atom. The van der Waals surface area contributed by atoms with E-state index in [2.05, 4.69) is 31.4 Å². The summed E-state index contributed by atoms with van der Waals surface area (Å²) in [5.41, 5.74) is 0.206. The van der Waals surface area contributed by atoms with Crippen LogP contribution in [0.2, 0.25) is 5.02 Å². The van der Waals surface area contributed by atoms with Gasteiger partial charge >= 0.3 is 0 Å². The molecule has 8 nitrogen and oxygen atoms in total. The number of hydrogen-bond acceptors (Lipinski definition) is 7. The topological polar surface area (TPSA) is 116 Å². The summed E-state index contributed by atoms with van der Waals surface area (Å²) in [7, 11) is -1.36. The predicted molar refractivity (Wildman–Crippen MR) is 121 cm³/mol. The van der Waals surface area contributed by atoms with Gasteiger partial charge in [0.15, 0.2) is 5.75 Å². The Morgan fingerprint density at radius 3 is 2.28 bits per heavy atom. The maximum Gasteiger partial charge on any atom is 0.247 e. The third-order valence-corrected chi connectivity index (χ3v) is 10.8. The highest BCUT2D eigenvalue weighted by molar-refractivity contribution is 7.89. The van der Waals surface area contributed by atoms with E-state index in [0.29, 0.717) is 5.92 Å². The van der Waals surface area contributed by atoms with Crippen molar-refractivity contribution in [2.75, 3.05) is 19.4 Å². The van der Waals surface area contributed by atoms with Crippen molar-refractivity contribution in [3.63, 3.8) is 0 Å². The van der Waals surface area contributed by atoms with Crippen LogP contribution in [-0.2, 0) is 19.6 Å². The van der Waals surface area contributed by atoms with Crippen molar-refractivity contribution in [3.05, 3.63) is 17.2 Å². The largest absolute Gasteiger partial charge is 0.504 e. The average Bonchev–Trinajstić information content (AvgIpc) is 3.04. The number of anilines is 1. The number of nitrogens with one attached hydrogen (secondary N) is 2. The first kappa shape index (κ1) is 23.5. The second kappa shape index (κ2) is 7.41. The van der Waals surface area contributed by atoms with Gasteiger partial charge in [0.1, 0.15) is 17.0 Å². The highest BCUT2D eigenvalue weighted by atomic mass is 35.5. The number of hydrogen-bond donors (Lipinski definition) is 3. The summed E-state index contributed by atoms with van der Waals surface area (Å²) in [6.07, 6.45) is 3.19. The minimum absolute atomic E-state index is 0.0243. The monoisotopic (exact) mass is 483 g/mol. The van der Waals surface area contributed by atoms with Gasteiger partial charge in [-0.1, -0.05) is 32.4 Å². The Labute approximate surface area is 193 Å². The Bertz CT molecular complexity index is 1100. The number of rotatable bonds is 6. The molecule has 0 spiro atoms. The van der Waals surface area contributed by atoms with Crippen LogP contribution in [0.1, 0.15) is 40.0 Å². The lowest BCUT2D eigenvalue weighted by Crippen LogP contribution is -2.69. The smallest absolute Gasteiger partial charge is 0.247 e. The van der Waals surface area contributed by atoms with E-state index in [4.69, 9.17) is 11.6 Å². The predicted octanol–water partition coefficient (Wildman–Crippen LogP) is 2.40. The number of carbonyl (C=O) groups excluding carboxylic acids is 2. The summed E-state index contributed by atoms with van der Waals surface area (Å²) < 4.78 is 26.1. The average molecular weight is 484 g/mol. The third-order valence-electron chi connectivity index (χ3n) is 8.45. The Balaban J connectivity index is 1.59. The molecule has 0 amide bonds. The maximum atomic E-state index is 12.6. The summed E-state index contributed by atoms with van der Waals surface area (Å²) >= 11 is 6.06. The van der Waals surface area contributed by atoms with Crippen molar-refractivity contribution in [2.45, 2.75) is 63.1 Å². The van der Waals surface area contributed by atoms with E-state index >= 15 is 0 Å². The van der Waals surface area contributed by atoms with Gasteiger partial charge < -0.3 is 15.7 Å². The van der Waals surface area contributed by atoms with Crippen LogP contribution in [0.15, 0.2) is 17.0 Å². The van der Waals surface area contributed by atoms with E-state index in [0.717, 1.165) is 17.1 Å². The number of Topliss-reactive ketones (excluding diaryl/α,β-unsaturated/α-hetero) is 2. The lowest BCUT2D eigenvalue weighted by Gasteiger charge is -2.44. The Morgan fingerprint density at radius 2 is 1.75 bits per heavy atom. The lowest BCUT2D eigenvalue weighted by molar-refractivity contribution is -0.146. The van der Waals surface area contributed by atoms with Crippen LogP contribution in [0.3, 0.4) is 0 Å². The molecule has 0 radical (unpaired) electrons. The van der Waals surface area contributed by atoms with Crippen LogP contribution >= 0.6 is 11.6 Å². The zero-order chi connectivity index (χ0) is 23.8. The molecule has 1 aromatic carbocycles. The Hall–Kier alpha value is -1.68. The number of phenolic OH excluding ortho intramolecular Hbond substituents is 1. The Kier molecular flexibility index (Phi) is 5.44. The molecule has 1 aromatic rings. The van der Waals surface area contributed by atoms with Gasteiger partial charge in [-0.3, -0.25) is 9.59 Å². The molecule has 4 rings (SSSR count). The molecular weight excluding hydrogens is 454 g/mol. The van der Waals surface area contributed by atoms with E-state index in [1.807, 2.05) is 0 Å². The molecule has 10 heteroatoms. The van der Waals surface area contributed by atoms with Crippen molar-refractivity contribution in [1.82, 2.24) is 9.62 Å². The van der Waals surface area contributed by atoms with Crippen LogP contribution in [0, 0.1) is 16.7 Å². The van der Waals surface area contributed by atoms with E-state index in [-0.39, 0.29) is 27.6 Å². The lowest BCUT2D eigenvalue weighted by atomic mass is 9.68. The molecule has 0 aromatic heterocycles. The zero-order valence-corrected chi connectivity index (χ0v) is 20.5. The molecule has 3 N–H and O–H groups in total. The van der Waals surface area contributed by atoms with Gasteiger partial charge in [-0.05, 0) is 48.1 Å². The second-order valence-electron chi connectivity index (χ2n) is 10.2. The molecule has 176 valence electrons. The summed E-state index contributed by atoms with van der Waals surface area (Å²) in [5.74, 6) is -1.10. The van der Waals surface area contributed by atoms with Gasteiger partial charge in [-0.2, -0.15) is 0 Å². The highest BCUT2D eigenvalue weighted by Crippen LogP contribution is 2.65.